The van der Waals surface area contributed by atoms with Crippen LogP contribution in [-0.4, -0.2) is 47.4 Å². The zero-order chi connectivity index (χ0) is 19.8. The van der Waals surface area contributed by atoms with Crippen molar-refractivity contribution in [1.29, 1.82) is 0 Å². The number of hydrogen-bond donors (Lipinski definition) is 2. The molecule has 1 aromatic heterocycles. The van der Waals surface area contributed by atoms with Gasteiger partial charge in [0, 0.05) is 12.2 Å². The average molecular weight is 414 g/mol. The zero-order valence-electron chi connectivity index (χ0n) is 15.8. The smallest absolute Gasteiger partial charge is 0.230 e. The van der Waals surface area contributed by atoms with Gasteiger partial charge in [0.25, 0.3) is 0 Å². The molecule has 6 nitrogen and oxygen atoms in total. The average Bonchev–Trinajstić information content (AvgIpc) is 3.15. The summed E-state index contributed by atoms with van der Waals surface area (Å²) in [5, 5.41) is 15.2. The second-order valence-electron chi connectivity index (χ2n) is 6.35. The van der Waals surface area contributed by atoms with Crippen LogP contribution >= 0.6 is 23.1 Å². The Kier molecular flexibility index (Phi) is 7.41. The Hall–Kier alpha value is -2.42. The number of anilines is 2. The lowest BCUT2D eigenvalue weighted by Crippen LogP contribution is -2.35. The van der Waals surface area contributed by atoms with Crippen LogP contribution in [0.25, 0.3) is 0 Å². The molecule has 3 aromatic rings. The Morgan fingerprint density at radius 3 is 2.43 bits per heavy atom. The van der Waals surface area contributed by atoms with Crippen molar-refractivity contribution in [2.45, 2.75) is 10.4 Å². The summed E-state index contributed by atoms with van der Waals surface area (Å²) in [5.74, 6) is 0.301. The van der Waals surface area contributed by atoms with Gasteiger partial charge < -0.3 is 15.5 Å². The van der Waals surface area contributed by atoms with E-state index in [0.717, 1.165) is 10.0 Å². The van der Waals surface area contributed by atoms with Gasteiger partial charge in [-0.3, -0.25) is 4.79 Å². The minimum atomic E-state index is -0.0134. The fraction of sp³-hybridized carbons (Fsp3) is 0.250. The molecule has 2 N–H and O–H groups in total. The first-order valence-corrected chi connectivity index (χ1v) is 10.7. The predicted molar refractivity (Wildman–Crippen MR) is 116 cm³/mol. The number of carbonyl (C=O) groups excluding carboxylic acids is 1. The van der Waals surface area contributed by atoms with Crippen molar-refractivity contribution in [2.24, 2.45) is 0 Å². The summed E-state index contributed by atoms with van der Waals surface area (Å²) in [7, 11) is 4.03. The molecule has 3 rings (SSSR count). The molecule has 28 heavy (non-hydrogen) atoms. The van der Waals surface area contributed by atoms with Gasteiger partial charge in [-0.15, -0.1) is 10.2 Å². The van der Waals surface area contributed by atoms with Crippen LogP contribution in [0.1, 0.15) is 11.6 Å². The lowest BCUT2D eigenvalue weighted by atomic mass is 10.1. The lowest BCUT2D eigenvalue weighted by molar-refractivity contribution is -0.118. The van der Waals surface area contributed by atoms with E-state index in [1.807, 2.05) is 62.6 Å². The number of carbonyl (C=O) groups is 1. The van der Waals surface area contributed by atoms with Crippen molar-refractivity contribution in [3.8, 4) is 0 Å². The van der Waals surface area contributed by atoms with Gasteiger partial charge in [0.2, 0.25) is 11.0 Å². The van der Waals surface area contributed by atoms with Crippen molar-refractivity contribution in [1.82, 2.24) is 20.4 Å². The highest BCUT2D eigenvalue weighted by molar-refractivity contribution is 8.01. The van der Waals surface area contributed by atoms with Gasteiger partial charge in [-0.1, -0.05) is 71.6 Å². The number of rotatable bonds is 9. The Balaban J connectivity index is 1.46. The summed E-state index contributed by atoms with van der Waals surface area (Å²) in [6.07, 6.45) is 0. The van der Waals surface area contributed by atoms with Gasteiger partial charge >= 0.3 is 0 Å². The summed E-state index contributed by atoms with van der Waals surface area (Å²) < 4.78 is 0.765. The van der Waals surface area contributed by atoms with E-state index in [2.05, 4.69) is 37.9 Å². The predicted octanol–water partition coefficient (Wildman–Crippen LogP) is 3.79. The number of thioether (sulfide) groups is 1. The fourth-order valence-corrected chi connectivity index (χ4v) is 4.23. The molecule has 1 amide bonds. The normalized spacial score (nSPS) is 12.0. The van der Waals surface area contributed by atoms with Crippen molar-refractivity contribution < 1.29 is 4.79 Å². The second kappa shape index (κ2) is 10.2. The molecule has 146 valence electrons. The molecule has 0 spiro atoms. The van der Waals surface area contributed by atoms with Crippen LogP contribution in [-0.2, 0) is 4.79 Å². The maximum absolute atomic E-state index is 12.3. The van der Waals surface area contributed by atoms with E-state index in [0.29, 0.717) is 17.4 Å². The first kappa shape index (κ1) is 20.3. The number of likely N-dealkylation sites (N-methyl/N-ethyl adjacent to an activating group) is 1. The third kappa shape index (κ3) is 6.05. The van der Waals surface area contributed by atoms with E-state index >= 15 is 0 Å². The first-order chi connectivity index (χ1) is 13.6. The zero-order valence-corrected chi connectivity index (χ0v) is 17.5. The highest BCUT2D eigenvalue weighted by Gasteiger charge is 2.15. The molecule has 0 aliphatic heterocycles. The van der Waals surface area contributed by atoms with E-state index in [-0.39, 0.29) is 11.9 Å². The van der Waals surface area contributed by atoms with Crippen molar-refractivity contribution in [2.75, 3.05) is 31.7 Å². The molecule has 0 bridgehead atoms. The maximum Gasteiger partial charge on any atom is 0.230 e. The topological polar surface area (TPSA) is 70.2 Å². The summed E-state index contributed by atoms with van der Waals surface area (Å²) >= 11 is 2.83. The number of hydrogen-bond acceptors (Lipinski definition) is 7. The van der Waals surface area contributed by atoms with Gasteiger partial charge in [-0.05, 0) is 31.8 Å². The van der Waals surface area contributed by atoms with E-state index in [4.69, 9.17) is 0 Å². The monoisotopic (exact) mass is 413 g/mol. The number of benzene rings is 2. The largest absolute Gasteiger partial charge is 0.353 e. The molecule has 1 heterocycles. The Morgan fingerprint density at radius 2 is 1.75 bits per heavy atom. The van der Waals surface area contributed by atoms with Gasteiger partial charge in [-0.2, -0.15) is 0 Å². The Morgan fingerprint density at radius 1 is 1.07 bits per heavy atom. The van der Waals surface area contributed by atoms with E-state index in [9.17, 15) is 4.79 Å². The van der Waals surface area contributed by atoms with Crippen LogP contribution < -0.4 is 10.6 Å². The molecule has 2 aromatic carbocycles. The van der Waals surface area contributed by atoms with Gasteiger partial charge in [0.05, 0.1) is 11.8 Å². The third-order valence-corrected chi connectivity index (χ3v) is 6.03. The minimum Gasteiger partial charge on any atom is -0.353 e. The third-order valence-electron chi connectivity index (χ3n) is 4.06. The molecule has 8 heteroatoms. The number of para-hydroxylation sites is 1. The highest BCUT2D eigenvalue weighted by atomic mass is 32.2. The van der Waals surface area contributed by atoms with Crippen LogP contribution in [0.15, 0.2) is 65.0 Å². The molecule has 0 radical (unpaired) electrons. The SMILES string of the molecule is CN(C)[C@H](CNC(=O)CSc1nnc(Nc2ccccc2)s1)c1ccccc1. The summed E-state index contributed by atoms with van der Waals surface area (Å²) in [6.45, 7) is 0.563. The summed E-state index contributed by atoms with van der Waals surface area (Å²) in [5.41, 5.74) is 2.14. The van der Waals surface area contributed by atoms with Crippen LogP contribution in [0.2, 0.25) is 0 Å². The number of nitrogens with one attached hydrogen (secondary N) is 2. The van der Waals surface area contributed by atoms with Crippen LogP contribution in [0.5, 0.6) is 0 Å². The summed E-state index contributed by atoms with van der Waals surface area (Å²) in [4.78, 5) is 14.4. The van der Waals surface area contributed by atoms with Gasteiger partial charge in [0.15, 0.2) is 4.34 Å². The van der Waals surface area contributed by atoms with Crippen molar-refractivity contribution in [3.63, 3.8) is 0 Å². The Labute approximate surface area is 173 Å². The number of aromatic nitrogens is 2. The van der Waals surface area contributed by atoms with E-state index in [1.54, 1.807) is 0 Å². The quantitative estimate of drug-likeness (QED) is 0.520. The highest BCUT2D eigenvalue weighted by Crippen LogP contribution is 2.27. The van der Waals surface area contributed by atoms with Crippen LogP contribution in [0, 0.1) is 0 Å². The second-order valence-corrected chi connectivity index (χ2v) is 8.55. The first-order valence-electron chi connectivity index (χ1n) is 8.88. The Bertz CT molecular complexity index is 871. The molecule has 1 atom stereocenters. The molecule has 0 saturated carbocycles. The molecular weight excluding hydrogens is 390 g/mol. The van der Waals surface area contributed by atoms with E-state index < -0.39 is 0 Å². The maximum atomic E-state index is 12.3. The van der Waals surface area contributed by atoms with Crippen molar-refractivity contribution >= 4 is 39.8 Å². The van der Waals surface area contributed by atoms with Crippen molar-refractivity contribution in [3.05, 3.63) is 66.2 Å². The van der Waals surface area contributed by atoms with Gasteiger partial charge in [0.1, 0.15) is 0 Å². The number of nitrogens with zero attached hydrogens (tertiary/aromatic N) is 3. The minimum absolute atomic E-state index is 0.0134. The summed E-state index contributed by atoms with van der Waals surface area (Å²) in [6, 6.07) is 20.1. The molecule has 0 aliphatic carbocycles. The standard InChI is InChI=1S/C20H23N5OS2/c1-25(2)17(15-9-5-3-6-10-15)13-21-18(26)14-27-20-24-23-19(28-20)22-16-11-7-4-8-12-16/h3-12,17H,13-14H2,1-2H3,(H,21,26)(H,22,23)/t17-/m1/s1. The lowest BCUT2D eigenvalue weighted by Gasteiger charge is -2.25. The molecule has 0 unspecified atom stereocenters. The van der Waals surface area contributed by atoms with E-state index in [1.165, 1.54) is 28.7 Å². The van der Waals surface area contributed by atoms with Gasteiger partial charge in [-0.25, -0.2) is 0 Å². The molecule has 0 fully saturated rings. The van der Waals surface area contributed by atoms with Crippen LogP contribution in [0.3, 0.4) is 0 Å². The molecule has 0 saturated heterocycles. The fourth-order valence-electron chi connectivity index (χ4n) is 2.63. The molecule has 0 aliphatic rings. The molecular formula is C20H23N5OS2. The van der Waals surface area contributed by atoms with Crippen LogP contribution in [0.4, 0.5) is 10.8 Å². The number of amides is 1.